The fraction of sp³-hybridized carbons (Fsp3) is 0.542. The van der Waals surface area contributed by atoms with Crippen molar-refractivity contribution in [1.82, 2.24) is 24.2 Å². The molecule has 0 bridgehead atoms. The summed E-state index contributed by atoms with van der Waals surface area (Å²) in [5, 5.41) is 13.1. The molecule has 6 rings (SSSR count). The second-order valence-corrected chi connectivity index (χ2v) is 10.2. The van der Waals surface area contributed by atoms with Gasteiger partial charge in [0.25, 0.3) is 0 Å². The summed E-state index contributed by atoms with van der Waals surface area (Å²) in [6.45, 7) is 6.33. The van der Waals surface area contributed by atoms with Gasteiger partial charge >= 0.3 is 0 Å². The first-order valence-corrected chi connectivity index (χ1v) is 13.6. The summed E-state index contributed by atoms with van der Waals surface area (Å²) in [6, 6.07) is 1.15. The van der Waals surface area contributed by atoms with Gasteiger partial charge in [0.2, 0.25) is 17.0 Å². The lowest BCUT2D eigenvalue weighted by Crippen LogP contribution is -2.54. The highest BCUT2D eigenvalue weighted by Gasteiger charge is 2.42. The summed E-state index contributed by atoms with van der Waals surface area (Å²) >= 11 is 1.12. The fourth-order valence-electron chi connectivity index (χ4n) is 4.69. The van der Waals surface area contributed by atoms with E-state index in [0.29, 0.717) is 70.2 Å². The Balaban J connectivity index is 1.31. The number of morpholine rings is 1. The van der Waals surface area contributed by atoms with Crippen LogP contribution in [0.4, 0.5) is 16.2 Å². The summed E-state index contributed by atoms with van der Waals surface area (Å²) in [4.78, 5) is 38.5. The van der Waals surface area contributed by atoms with E-state index in [4.69, 9.17) is 14.2 Å². The number of rotatable bonds is 9. The first kappa shape index (κ1) is 26.0. The average Bonchev–Trinajstić information content (AvgIpc) is 3.43. The number of amides is 1. The minimum atomic E-state index is -1.10. The summed E-state index contributed by atoms with van der Waals surface area (Å²) in [7, 11) is 0. The number of nitrogens with one attached hydrogen (secondary N) is 1. The number of hydrogen-bond donors (Lipinski definition) is 2. The standard InChI is InChI=1S/C24H28FN7O6S/c1-2-36-6-3-26-21(34)13-10-31(11-13)20-16(25)9-14-17(33)15(18-22(35)38-18)12-32(19(14)27-20)24-28-23(29-39-24)30-4-7-37-8-5-30/h9,12-13,18,22,35H,2-8,10-11H2,1H3,(H,26,34). The summed E-state index contributed by atoms with van der Waals surface area (Å²) in [6.07, 6.45) is -0.384. The van der Waals surface area contributed by atoms with Crippen molar-refractivity contribution in [3.05, 3.63) is 33.9 Å². The van der Waals surface area contributed by atoms with E-state index in [-0.39, 0.29) is 34.2 Å². The Labute approximate surface area is 226 Å². The highest BCUT2D eigenvalue weighted by Crippen LogP contribution is 2.37. The lowest BCUT2D eigenvalue weighted by molar-refractivity contribution is -0.125. The zero-order valence-electron chi connectivity index (χ0n) is 21.2. The molecule has 3 aromatic rings. The molecule has 0 saturated carbocycles. The van der Waals surface area contributed by atoms with Gasteiger partial charge in [-0.25, -0.2) is 9.37 Å². The third kappa shape index (κ3) is 5.07. The van der Waals surface area contributed by atoms with Gasteiger partial charge in [0, 0.05) is 57.1 Å². The number of aliphatic hydroxyl groups is 1. The molecule has 3 aliphatic rings. The molecule has 13 nitrogen and oxygen atoms in total. The first-order valence-electron chi connectivity index (χ1n) is 12.8. The molecule has 39 heavy (non-hydrogen) atoms. The number of halogens is 1. The predicted octanol–water partition coefficient (Wildman–Crippen LogP) is 0.192. The van der Waals surface area contributed by atoms with Crippen molar-refractivity contribution in [2.24, 2.45) is 5.92 Å². The van der Waals surface area contributed by atoms with E-state index in [1.165, 1.54) is 6.20 Å². The van der Waals surface area contributed by atoms with Crippen molar-refractivity contribution < 1.29 is 28.5 Å². The molecule has 3 fully saturated rings. The fourth-order valence-corrected chi connectivity index (χ4v) is 5.36. The van der Waals surface area contributed by atoms with Crippen LogP contribution < -0.4 is 20.5 Å². The summed E-state index contributed by atoms with van der Waals surface area (Å²) in [5.74, 6) is -0.538. The number of fused-ring (bicyclic) bond motifs is 1. The molecule has 3 aromatic heterocycles. The molecular formula is C24H28FN7O6S. The minimum absolute atomic E-state index is 0.0327. The smallest absolute Gasteiger partial charge is 0.239 e. The number of aliphatic hydroxyl groups excluding tert-OH is 1. The Kier molecular flexibility index (Phi) is 7.16. The van der Waals surface area contributed by atoms with Crippen LogP contribution in [0.2, 0.25) is 0 Å². The summed E-state index contributed by atoms with van der Waals surface area (Å²) < 4.78 is 37.1. The number of hydrogen-bond acceptors (Lipinski definition) is 12. The molecule has 3 aliphatic heterocycles. The number of carbonyl (C=O) groups excluding carboxylic acids is 1. The van der Waals surface area contributed by atoms with Gasteiger partial charge in [-0.15, -0.1) is 0 Å². The monoisotopic (exact) mass is 561 g/mol. The third-order valence-electron chi connectivity index (χ3n) is 6.92. The van der Waals surface area contributed by atoms with Crippen LogP contribution in [-0.4, -0.2) is 95.4 Å². The number of pyridine rings is 2. The molecule has 2 N–H and O–H groups in total. The van der Waals surface area contributed by atoms with Gasteiger partial charge in [-0.2, -0.15) is 9.36 Å². The first-order chi connectivity index (χ1) is 18.9. The largest absolute Gasteiger partial charge is 0.380 e. The van der Waals surface area contributed by atoms with Gasteiger partial charge in [0.05, 0.1) is 36.7 Å². The van der Waals surface area contributed by atoms with E-state index in [9.17, 15) is 14.7 Å². The molecule has 2 unspecified atom stereocenters. The molecule has 0 radical (unpaired) electrons. The van der Waals surface area contributed by atoms with Crippen LogP contribution in [0.15, 0.2) is 17.1 Å². The number of epoxide rings is 1. The van der Waals surface area contributed by atoms with Crippen molar-refractivity contribution in [1.29, 1.82) is 0 Å². The van der Waals surface area contributed by atoms with Gasteiger partial charge in [-0.3, -0.25) is 14.2 Å². The van der Waals surface area contributed by atoms with Gasteiger partial charge in [-0.05, 0) is 13.0 Å². The number of ether oxygens (including phenoxy) is 3. The van der Waals surface area contributed by atoms with E-state index < -0.39 is 23.6 Å². The minimum Gasteiger partial charge on any atom is -0.380 e. The number of anilines is 2. The lowest BCUT2D eigenvalue weighted by atomic mass is 9.99. The molecule has 208 valence electrons. The molecular weight excluding hydrogens is 533 g/mol. The third-order valence-corrected chi connectivity index (χ3v) is 7.63. The molecule has 6 heterocycles. The van der Waals surface area contributed by atoms with Crippen molar-refractivity contribution >= 4 is 40.2 Å². The normalized spacial score (nSPS) is 21.3. The van der Waals surface area contributed by atoms with Crippen LogP contribution >= 0.6 is 11.5 Å². The Hall–Kier alpha value is -3.24. The molecule has 0 aromatic carbocycles. The van der Waals surface area contributed by atoms with E-state index in [0.717, 1.165) is 17.6 Å². The van der Waals surface area contributed by atoms with Crippen LogP contribution in [0, 0.1) is 11.7 Å². The second kappa shape index (κ2) is 10.7. The Morgan fingerprint density at radius 1 is 1.28 bits per heavy atom. The van der Waals surface area contributed by atoms with Gasteiger partial charge in [-0.1, -0.05) is 0 Å². The van der Waals surface area contributed by atoms with E-state index >= 15 is 4.39 Å². The molecule has 0 spiro atoms. The Bertz CT molecular complexity index is 1440. The average molecular weight is 562 g/mol. The van der Waals surface area contributed by atoms with E-state index in [1.807, 2.05) is 11.8 Å². The lowest BCUT2D eigenvalue weighted by Gasteiger charge is -2.39. The van der Waals surface area contributed by atoms with Gasteiger partial charge in [0.15, 0.2) is 29.0 Å². The van der Waals surface area contributed by atoms with E-state index in [1.54, 1.807) is 9.47 Å². The highest BCUT2D eigenvalue weighted by atomic mass is 32.1. The Morgan fingerprint density at radius 2 is 2.05 bits per heavy atom. The summed E-state index contributed by atoms with van der Waals surface area (Å²) in [5.41, 5.74) is -0.0989. The topological polar surface area (TPSA) is 147 Å². The SMILES string of the molecule is CCOCCNC(=O)C1CN(c2nc3c(cc2F)c(=O)c(C2OC2O)cn3-c2nc(N3CCOCC3)ns2)C1. The number of nitrogens with zero attached hydrogens (tertiary/aromatic N) is 6. The van der Waals surface area contributed by atoms with Crippen LogP contribution in [0.3, 0.4) is 0 Å². The maximum atomic E-state index is 15.3. The van der Waals surface area contributed by atoms with Crippen molar-refractivity contribution in [3.8, 4) is 5.13 Å². The van der Waals surface area contributed by atoms with Crippen LogP contribution in [0.5, 0.6) is 0 Å². The number of carbonyl (C=O) groups is 1. The quantitative estimate of drug-likeness (QED) is 0.273. The zero-order chi connectivity index (χ0) is 27.1. The van der Waals surface area contributed by atoms with Crippen LogP contribution in [-0.2, 0) is 19.0 Å². The maximum Gasteiger partial charge on any atom is 0.239 e. The molecule has 1 amide bonds. The highest BCUT2D eigenvalue weighted by molar-refractivity contribution is 7.08. The molecule has 2 atom stereocenters. The van der Waals surface area contributed by atoms with E-state index in [2.05, 4.69) is 19.7 Å². The van der Waals surface area contributed by atoms with Gasteiger partial charge < -0.3 is 34.4 Å². The van der Waals surface area contributed by atoms with Crippen LogP contribution in [0.25, 0.3) is 16.2 Å². The van der Waals surface area contributed by atoms with Crippen molar-refractivity contribution in [2.75, 3.05) is 69.0 Å². The maximum absolute atomic E-state index is 15.3. The second-order valence-electron chi connectivity index (χ2n) is 9.46. The molecule has 0 aliphatic carbocycles. The van der Waals surface area contributed by atoms with Crippen molar-refractivity contribution in [2.45, 2.75) is 19.3 Å². The predicted molar refractivity (Wildman–Crippen MR) is 139 cm³/mol. The van der Waals surface area contributed by atoms with Crippen LogP contribution in [0.1, 0.15) is 18.6 Å². The molecule has 3 saturated heterocycles. The zero-order valence-corrected chi connectivity index (χ0v) is 22.0. The number of aromatic nitrogens is 4. The molecule has 15 heteroatoms. The Morgan fingerprint density at radius 3 is 2.77 bits per heavy atom. The van der Waals surface area contributed by atoms with Crippen molar-refractivity contribution in [3.63, 3.8) is 0 Å². The van der Waals surface area contributed by atoms with Gasteiger partial charge in [0.1, 0.15) is 6.10 Å².